The van der Waals surface area contributed by atoms with Crippen molar-refractivity contribution < 1.29 is 51.0 Å². The summed E-state index contributed by atoms with van der Waals surface area (Å²) in [5.41, 5.74) is 14.2. The van der Waals surface area contributed by atoms with Crippen LogP contribution in [0.1, 0.15) is 60.9 Å². The molecule has 216 valence electrons. The van der Waals surface area contributed by atoms with E-state index in [-0.39, 0.29) is 62.4 Å². The number of fused-ring (bicyclic) bond motifs is 5. The Morgan fingerprint density at radius 3 is 2.14 bits per heavy atom. The summed E-state index contributed by atoms with van der Waals surface area (Å²) in [6.07, 6.45) is 4.57. The molecule has 2 aliphatic rings. The van der Waals surface area contributed by atoms with Crippen molar-refractivity contribution in [3.63, 3.8) is 0 Å². The standard InChI is InChI=1S/C37H31.C2H7Si.2ClH.Zr/c1-37(2,3)23-26-22-35-31(29-16-8-13-24-11-4-6-14-27(24)29)18-10-20-33(35)36(26)32-19-9-17-30-28-15-7-5-12-25(28)21-34(30)32;1-3-2;;;/h4-18,20,22,36H,21,23H2,1-3H3;3H,1-2H3;2*1H;/q-1;;;;+3/p-2. The van der Waals surface area contributed by atoms with Gasteiger partial charge in [-0.2, -0.15) is 18.2 Å². The summed E-state index contributed by atoms with van der Waals surface area (Å²) in [6, 6.07) is 39.4. The largest absolute Gasteiger partial charge is 3.00 e. The number of allylic oxidation sites excluding steroid dienone is 1. The molecule has 1 atom stereocenters. The van der Waals surface area contributed by atoms with Crippen LogP contribution in [-0.2, 0) is 32.6 Å². The minimum absolute atomic E-state index is 0. The molecule has 4 heteroatoms. The van der Waals surface area contributed by atoms with Crippen LogP contribution in [0.25, 0.3) is 39.1 Å². The first-order valence-electron chi connectivity index (χ1n) is 14.6. The monoisotopic (exact) mass is 694 g/mol. The Morgan fingerprint density at radius 2 is 1.37 bits per heavy atom. The first kappa shape index (κ1) is 35.3. The molecule has 0 aromatic heterocycles. The third-order valence-electron chi connectivity index (χ3n) is 8.07. The Bertz CT molecular complexity index is 1740. The second kappa shape index (κ2) is 14.7. The van der Waals surface area contributed by atoms with E-state index in [1.165, 1.54) is 66.4 Å². The van der Waals surface area contributed by atoms with Crippen molar-refractivity contribution in [2.24, 2.45) is 5.41 Å². The minimum Gasteiger partial charge on any atom is -1.00 e. The second-order valence-electron chi connectivity index (χ2n) is 12.4. The van der Waals surface area contributed by atoms with E-state index in [0.29, 0.717) is 0 Å². The van der Waals surface area contributed by atoms with Crippen molar-refractivity contribution in [2.75, 3.05) is 0 Å². The number of halogens is 2. The molecule has 7 rings (SSSR count). The van der Waals surface area contributed by atoms with Crippen LogP contribution < -0.4 is 24.8 Å². The Balaban J connectivity index is 0.000000812. The topological polar surface area (TPSA) is 0 Å². The molecule has 1 unspecified atom stereocenters. The Labute approximate surface area is 292 Å². The molecular formula is C39H38Cl2SiZr. The molecule has 5 aromatic carbocycles. The van der Waals surface area contributed by atoms with Gasteiger partial charge in [0.25, 0.3) is 0 Å². The number of benzene rings is 5. The maximum Gasteiger partial charge on any atom is 3.00 e. The quantitative estimate of drug-likeness (QED) is 0.191. The van der Waals surface area contributed by atoms with Crippen LogP contribution in [0, 0.1) is 11.5 Å². The van der Waals surface area contributed by atoms with Crippen LogP contribution in [0.2, 0.25) is 13.1 Å². The zero-order chi connectivity index (χ0) is 27.9. The van der Waals surface area contributed by atoms with E-state index in [0.717, 1.165) is 22.4 Å². The smallest absolute Gasteiger partial charge is 1.00 e. The molecule has 0 spiro atoms. The van der Waals surface area contributed by atoms with Crippen molar-refractivity contribution in [3.05, 3.63) is 137 Å². The molecule has 2 aliphatic carbocycles. The number of rotatable bonds is 3. The fourth-order valence-electron chi connectivity index (χ4n) is 6.64. The summed E-state index contributed by atoms with van der Waals surface area (Å²) in [5, 5.41) is 2.60. The molecule has 2 radical (unpaired) electrons. The van der Waals surface area contributed by atoms with Crippen molar-refractivity contribution in [1.29, 1.82) is 0 Å². The van der Waals surface area contributed by atoms with Crippen LogP contribution in [0.5, 0.6) is 0 Å². The van der Waals surface area contributed by atoms with Crippen LogP contribution >= 0.6 is 0 Å². The SMILES string of the molecule is CC(C)(C)CC1=Cc2c(-c3cccc4ccccc34)cccc2C1c1[c-]ccc2c1Cc1ccccc1-2.C[SiH]C.[Cl-].[Cl-].[Zr+3]. The van der Waals surface area contributed by atoms with Crippen molar-refractivity contribution >= 4 is 26.4 Å². The first-order chi connectivity index (χ1) is 19.4. The van der Waals surface area contributed by atoms with E-state index < -0.39 is 0 Å². The summed E-state index contributed by atoms with van der Waals surface area (Å²) >= 11 is 0. The molecule has 0 N–H and O–H groups in total. The van der Waals surface area contributed by atoms with Gasteiger partial charge in [-0.25, -0.2) is 0 Å². The summed E-state index contributed by atoms with van der Waals surface area (Å²) in [5.74, 6) is 0.244. The zero-order valence-electron chi connectivity index (χ0n) is 25.6. The van der Waals surface area contributed by atoms with Gasteiger partial charge in [0, 0.05) is 15.4 Å². The van der Waals surface area contributed by atoms with Crippen LogP contribution in [0.15, 0.2) is 103 Å². The molecule has 5 aromatic rings. The van der Waals surface area contributed by atoms with Crippen LogP contribution in [-0.4, -0.2) is 9.52 Å². The average Bonchev–Trinajstić information content (AvgIpc) is 3.50. The second-order valence-corrected chi connectivity index (χ2v) is 13.6. The summed E-state index contributed by atoms with van der Waals surface area (Å²) in [6.45, 7) is 11.5. The predicted molar refractivity (Wildman–Crippen MR) is 176 cm³/mol. The normalized spacial score (nSPS) is 14.1. The van der Waals surface area contributed by atoms with Gasteiger partial charge in [-0.3, -0.25) is 0 Å². The van der Waals surface area contributed by atoms with Crippen molar-refractivity contribution in [3.8, 4) is 22.3 Å². The number of hydrogen-bond donors (Lipinski definition) is 0. The molecule has 0 nitrogen and oxygen atoms in total. The van der Waals surface area contributed by atoms with E-state index in [1.54, 1.807) is 0 Å². The van der Waals surface area contributed by atoms with Gasteiger partial charge >= 0.3 is 26.2 Å². The van der Waals surface area contributed by atoms with E-state index in [4.69, 9.17) is 0 Å². The van der Waals surface area contributed by atoms with Gasteiger partial charge in [0.2, 0.25) is 0 Å². The van der Waals surface area contributed by atoms with Gasteiger partial charge in [0.05, 0.1) is 0 Å². The zero-order valence-corrected chi connectivity index (χ0v) is 30.8. The third-order valence-corrected chi connectivity index (χ3v) is 8.07. The molecule has 0 aliphatic heterocycles. The first-order valence-corrected chi connectivity index (χ1v) is 16.9. The Kier molecular flexibility index (Phi) is 12.1. The molecular weight excluding hydrogens is 659 g/mol. The maximum atomic E-state index is 3.75. The molecule has 0 amide bonds. The van der Waals surface area contributed by atoms with Crippen molar-refractivity contribution in [1.82, 2.24) is 0 Å². The summed E-state index contributed by atoms with van der Waals surface area (Å²) in [7, 11) is 0.750. The summed E-state index contributed by atoms with van der Waals surface area (Å²) in [4.78, 5) is 0. The molecule has 0 bridgehead atoms. The molecule has 0 saturated carbocycles. The van der Waals surface area contributed by atoms with E-state index in [9.17, 15) is 0 Å². The number of hydrogen-bond acceptors (Lipinski definition) is 0. The fraction of sp³-hybridized carbons (Fsp3) is 0.231. The Hall–Kier alpha value is -2.22. The van der Waals surface area contributed by atoms with E-state index >= 15 is 0 Å². The Morgan fingerprint density at radius 1 is 0.744 bits per heavy atom. The predicted octanol–water partition coefficient (Wildman–Crippen LogP) is 4.37. The van der Waals surface area contributed by atoms with E-state index in [2.05, 4.69) is 143 Å². The van der Waals surface area contributed by atoms with Crippen LogP contribution in [0.4, 0.5) is 0 Å². The molecule has 0 saturated heterocycles. The van der Waals surface area contributed by atoms with Gasteiger partial charge in [-0.1, -0.05) is 130 Å². The maximum absolute atomic E-state index is 3.75. The fourth-order valence-corrected chi connectivity index (χ4v) is 6.64. The van der Waals surface area contributed by atoms with Gasteiger partial charge in [-0.15, -0.1) is 16.7 Å². The average molecular weight is 697 g/mol. The van der Waals surface area contributed by atoms with Gasteiger partial charge in [0.1, 0.15) is 0 Å². The molecule has 43 heavy (non-hydrogen) atoms. The van der Waals surface area contributed by atoms with Gasteiger partial charge < -0.3 is 24.8 Å². The van der Waals surface area contributed by atoms with E-state index in [1.807, 2.05) is 0 Å². The van der Waals surface area contributed by atoms with Crippen LogP contribution in [0.3, 0.4) is 0 Å². The summed E-state index contributed by atoms with van der Waals surface area (Å²) < 4.78 is 0. The van der Waals surface area contributed by atoms with Crippen molar-refractivity contribution in [2.45, 2.75) is 52.6 Å². The third kappa shape index (κ3) is 6.89. The van der Waals surface area contributed by atoms with Gasteiger partial charge in [-0.05, 0) is 62.4 Å². The minimum atomic E-state index is 0. The van der Waals surface area contributed by atoms with Gasteiger partial charge in [0.15, 0.2) is 0 Å². The molecule has 0 heterocycles. The molecule has 0 fully saturated rings.